The molecule has 0 saturated heterocycles. The summed E-state index contributed by atoms with van der Waals surface area (Å²) in [6.07, 6.45) is 4.59. The molecule has 122 valence electrons. The van der Waals surface area contributed by atoms with E-state index in [0.717, 1.165) is 23.5 Å². The summed E-state index contributed by atoms with van der Waals surface area (Å²) in [5.41, 5.74) is 2.14. The summed E-state index contributed by atoms with van der Waals surface area (Å²) in [6, 6.07) is 14.6. The molecule has 2 N–H and O–H groups in total. The largest absolute Gasteiger partial charge is 0.238 e. The topological polar surface area (TPSA) is 90.9 Å². The van der Waals surface area contributed by atoms with Gasteiger partial charge in [-0.3, -0.25) is 0 Å². The summed E-state index contributed by atoms with van der Waals surface area (Å²) in [6.45, 7) is 0. The van der Waals surface area contributed by atoms with Gasteiger partial charge >= 0.3 is 0 Å². The van der Waals surface area contributed by atoms with Crippen LogP contribution in [0.5, 0.6) is 0 Å². The Morgan fingerprint density at radius 2 is 1.83 bits per heavy atom. The minimum absolute atomic E-state index is 0.141. The number of pyridine rings is 1. The molecule has 0 radical (unpaired) electrons. The first-order chi connectivity index (χ1) is 11.5. The van der Waals surface area contributed by atoms with Crippen LogP contribution >= 0.6 is 0 Å². The zero-order valence-electron chi connectivity index (χ0n) is 12.8. The van der Waals surface area contributed by atoms with E-state index in [1.54, 1.807) is 23.0 Å². The van der Waals surface area contributed by atoms with Crippen LogP contribution in [0, 0.1) is 0 Å². The first-order valence-corrected chi connectivity index (χ1v) is 9.17. The van der Waals surface area contributed by atoms with Crippen molar-refractivity contribution in [1.29, 1.82) is 0 Å². The van der Waals surface area contributed by atoms with Crippen LogP contribution in [0.1, 0.15) is 29.5 Å². The van der Waals surface area contributed by atoms with E-state index < -0.39 is 10.0 Å². The predicted molar refractivity (Wildman–Crippen MR) is 89.3 cm³/mol. The molecule has 1 aliphatic carbocycles. The van der Waals surface area contributed by atoms with Crippen molar-refractivity contribution < 1.29 is 8.42 Å². The molecule has 1 aliphatic rings. The van der Waals surface area contributed by atoms with Gasteiger partial charge in [0.05, 0.1) is 4.90 Å². The monoisotopic (exact) mass is 340 g/mol. The van der Waals surface area contributed by atoms with Gasteiger partial charge in [-0.2, -0.15) is 5.10 Å². The van der Waals surface area contributed by atoms with Gasteiger partial charge in [0.1, 0.15) is 0 Å². The van der Waals surface area contributed by atoms with Gasteiger partial charge in [-0.25, -0.2) is 23.2 Å². The Kier molecular flexibility index (Phi) is 3.47. The molecular weight excluding hydrogens is 324 g/mol. The van der Waals surface area contributed by atoms with Crippen molar-refractivity contribution in [2.45, 2.75) is 23.2 Å². The number of nitrogens with two attached hydrogens (primary N) is 1. The Morgan fingerprint density at radius 1 is 1.04 bits per heavy atom. The molecule has 2 aromatic heterocycles. The fourth-order valence-corrected chi connectivity index (χ4v) is 3.49. The van der Waals surface area contributed by atoms with Crippen LogP contribution in [-0.4, -0.2) is 23.2 Å². The number of nitrogens with zero attached hydrogens (tertiary/aromatic N) is 3. The molecule has 1 aromatic carbocycles. The number of hydrogen-bond donors (Lipinski definition) is 1. The molecule has 0 aliphatic heterocycles. The van der Waals surface area contributed by atoms with Crippen molar-refractivity contribution >= 4 is 10.0 Å². The van der Waals surface area contributed by atoms with Crippen molar-refractivity contribution in [3.05, 3.63) is 72.2 Å². The molecule has 2 unspecified atom stereocenters. The molecule has 24 heavy (non-hydrogen) atoms. The van der Waals surface area contributed by atoms with Gasteiger partial charge in [-0.15, -0.1) is 0 Å². The summed E-state index contributed by atoms with van der Waals surface area (Å²) in [7, 11) is -3.64. The molecule has 7 heteroatoms. The average molecular weight is 340 g/mol. The Morgan fingerprint density at radius 3 is 2.50 bits per heavy atom. The van der Waals surface area contributed by atoms with Gasteiger partial charge in [0.25, 0.3) is 0 Å². The van der Waals surface area contributed by atoms with Crippen LogP contribution in [0.25, 0.3) is 5.82 Å². The summed E-state index contributed by atoms with van der Waals surface area (Å²) in [5, 5.41) is 9.34. The first-order valence-electron chi connectivity index (χ1n) is 7.62. The highest BCUT2D eigenvalue weighted by Crippen LogP contribution is 2.54. The minimum atomic E-state index is -3.64. The zero-order valence-corrected chi connectivity index (χ0v) is 13.6. The maximum absolute atomic E-state index is 11.3. The summed E-state index contributed by atoms with van der Waals surface area (Å²) >= 11 is 0. The lowest BCUT2D eigenvalue weighted by Crippen LogP contribution is -2.11. The van der Waals surface area contributed by atoms with Gasteiger partial charge in [0.2, 0.25) is 10.0 Å². The van der Waals surface area contributed by atoms with E-state index in [1.165, 1.54) is 0 Å². The lowest BCUT2D eigenvalue weighted by atomic mass is 10.1. The molecule has 4 rings (SSSR count). The molecule has 0 bridgehead atoms. The Hall–Kier alpha value is -2.51. The molecule has 2 atom stereocenters. The second-order valence-corrected chi connectivity index (χ2v) is 7.50. The molecule has 0 spiro atoms. The van der Waals surface area contributed by atoms with Crippen LogP contribution in [-0.2, 0) is 10.0 Å². The first kappa shape index (κ1) is 15.0. The van der Waals surface area contributed by atoms with E-state index in [4.69, 9.17) is 10.1 Å². The Labute approximate surface area is 140 Å². The van der Waals surface area contributed by atoms with Gasteiger partial charge in [-0.1, -0.05) is 18.2 Å². The number of benzene rings is 1. The Balaban J connectivity index is 1.55. The van der Waals surface area contributed by atoms with E-state index in [2.05, 4.69) is 5.10 Å². The molecule has 2 heterocycles. The predicted octanol–water partition coefficient (Wildman–Crippen LogP) is 2.19. The van der Waals surface area contributed by atoms with Crippen LogP contribution in [0.3, 0.4) is 0 Å². The summed E-state index contributed by atoms with van der Waals surface area (Å²) < 4.78 is 24.4. The molecule has 3 aromatic rings. The average Bonchev–Trinajstić information content (AvgIpc) is 3.19. The highest BCUT2D eigenvalue weighted by atomic mass is 32.2. The van der Waals surface area contributed by atoms with Crippen molar-refractivity contribution in [1.82, 2.24) is 14.8 Å². The van der Waals surface area contributed by atoms with Crippen LogP contribution < -0.4 is 5.14 Å². The van der Waals surface area contributed by atoms with Crippen molar-refractivity contribution in [3.63, 3.8) is 0 Å². The van der Waals surface area contributed by atoms with Crippen LogP contribution in [0.4, 0.5) is 0 Å². The number of hydrogen-bond acceptors (Lipinski definition) is 4. The molecule has 1 fully saturated rings. The van der Waals surface area contributed by atoms with Gasteiger partial charge in [0.15, 0.2) is 5.82 Å². The van der Waals surface area contributed by atoms with Crippen LogP contribution in [0.15, 0.2) is 65.8 Å². The van der Waals surface area contributed by atoms with E-state index >= 15 is 0 Å². The van der Waals surface area contributed by atoms with E-state index in [1.807, 2.05) is 42.6 Å². The van der Waals surface area contributed by atoms with Crippen molar-refractivity contribution in [2.24, 2.45) is 5.14 Å². The fraction of sp³-hybridized carbons (Fsp3) is 0.176. The second-order valence-electron chi connectivity index (χ2n) is 5.93. The molecular formula is C17H16N4O2S. The number of primary sulfonamides is 1. The van der Waals surface area contributed by atoms with Crippen LogP contribution in [0.2, 0.25) is 0 Å². The zero-order chi connectivity index (χ0) is 16.7. The summed E-state index contributed by atoms with van der Waals surface area (Å²) in [5.74, 6) is 1.51. The Bertz CT molecular complexity index is 966. The molecule has 0 amide bonds. The smallest absolute Gasteiger partial charge is 0.233 e. The minimum Gasteiger partial charge on any atom is -0.233 e. The third-order valence-electron chi connectivity index (χ3n) is 4.30. The lowest BCUT2D eigenvalue weighted by Gasteiger charge is -2.05. The standard InChI is InChI=1S/C17H16N4O2S/c18-24(22,23)13-7-5-12(6-8-13)14-11-15(14)16-3-1-4-17(20-16)21-10-2-9-19-21/h1-10,14-15H,11H2,(H2,18,22,23). The summed E-state index contributed by atoms with van der Waals surface area (Å²) in [4.78, 5) is 4.84. The normalized spacial score (nSPS) is 20.0. The third-order valence-corrected chi connectivity index (χ3v) is 5.23. The quantitative estimate of drug-likeness (QED) is 0.788. The van der Waals surface area contributed by atoms with E-state index in [9.17, 15) is 8.42 Å². The van der Waals surface area contributed by atoms with Crippen molar-refractivity contribution in [2.75, 3.05) is 0 Å². The third kappa shape index (κ3) is 2.83. The number of sulfonamides is 1. The molecule has 6 nitrogen and oxygen atoms in total. The van der Waals surface area contributed by atoms with Gasteiger partial charge in [0, 0.05) is 24.0 Å². The highest BCUT2D eigenvalue weighted by Gasteiger charge is 2.40. The molecule has 1 saturated carbocycles. The maximum atomic E-state index is 11.3. The lowest BCUT2D eigenvalue weighted by molar-refractivity contribution is 0.598. The van der Waals surface area contributed by atoms with Gasteiger partial charge in [-0.05, 0) is 48.2 Å². The highest BCUT2D eigenvalue weighted by molar-refractivity contribution is 7.89. The number of aromatic nitrogens is 3. The van der Waals surface area contributed by atoms with E-state index in [-0.39, 0.29) is 4.90 Å². The van der Waals surface area contributed by atoms with Crippen molar-refractivity contribution in [3.8, 4) is 5.82 Å². The van der Waals surface area contributed by atoms with Gasteiger partial charge < -0.3 is 0 Å². The SMILES string of the molecule is NS(=O)(=O)c1ccc(C2CC2c2cccc(-n3cccn3)n2)cc1. The van der Waals surface area contributed by atoms with E-state index in [0.29, 0.717) is 11.8 Å². The maximum Gasteiger partial charge on any atom is 0.238 e. The number of rotatable bonds is 4. The fourth-order valence-electron chi connectivity index (χ4n) is 2.97. The second kappa shape index (κ2) is 5.54.